The van der Waals surface area contributed by atoms with Crippen molar-refractivity contribution in [2.75, 3.05) is 0 Å². The minimum absolute atomic E-state index is 0.0915. The van der Waals surface area contributed by atoms with Crippen LogP contribution in [0.3, 0.4) is 0 Å². The third kappa shape index (κ3) is 3.75. The van der Waals surface area contributed by atoms with Gasteiger partial charge in [-0.15, -0.1) is 0 Å². The molecule has 2 aliphatic carbocycles. The van der Waals surface area contributed by atoms with Crippen molar-refractivity contribution in [1.82, 2.24) is 0 Å². The van der Waals surface area contributed by atoms with Crippen LogP contribution in [0.1, 0.15) is 55.5 Å². The molecule has 0 saturated carbocycles. The van der Waals surface area contributed by atoms with Gasteiger partial charge in [-0.05, 0) is 136 Å². The molecule has 0 amide bonds. The van der Waals surface area contributed by atoms with E-state index in [9.17, 15) is 0 Å². The Morgan fingerprint density at radius 2 is 0.878 bits per heavy atom. The summed E-state index contributed by atoms with van der Waals surface area (Å²) in [5.74, 6) is 0. The lowest BCUT2D eigenvalue weighted by Crippen LogP contribution is -2.17. The highest BCUT2D eigenvalue weighted by atomic mass is 14.5. The van der Waals surface area contributed by atoms with E-state index in [-0.39, 0.29) is 10.8 Å². The Morgan fingerprint density at radius 3 is 1.53 bits per heavy atom. The molecule has 0 atom stereocenters. The molecule has 0 N–H and O–H groups in total. The molecule has 0 nitrogen and oxygen atoms in total. The molecule has 49 heavy (non-hydrogen) atoms. The Bertz CT molecular complexity index is 2690. The van der Waals surface area contributed by atoms with Gasteiger partial charge in [-0.25, -0.2) is 0 Å². The third-order valence-electron chi connectivity index (χ3n) is 12.0. The summed E-state index contributed by atoms with van der Waals surface area (Å²) in [6.45, 7) is 12.0. The van der Waals surface area contributed by atoms with E-state index in [1.807, 2.05) is 0 Å². The molecule has 0 radical (unpaired) electrons. The molecular weight excluding hydrogens is 589 g/mol. The minimum Gasteiger partial charge on any atom is -0.0622 e. The van der Waals surface area contributed by atoms with Gasteiger partial charge in [-0.2, -0.15) is 0 Å². The summed E-state index contributed by atoms with van der Waals surface area (Å²) in [7, 11) is 0. The first kappa shape index (κ1) is 28.5. The van der Waals surface area contributed by atoms with Crippen LogP contribution in [0, 0.1) is 6.92 Å². The fraction of sp³-hybridized carbons (Fsp3) is 0.143. The molecule has 0 aromatic heterocycles. The lowest BCUT2D eigenvalue weighted by atomic mass is 9.78. The van der Waals surface area contributed by atoms with Crippen LogP contribution in [0.4, 0.5) is 0 Å². The largest absolute Gasteiger partial charge is 0.0622 e. The fourth-order valence-electron chi connectivity index (χ4n) is 9.51. The second kappa shape index (κ2) is 9.80. The number of hydrogen-bond acceptors (Lipinski definition) is 0. The van der Waals surface area contributed by atoms with Crippen LogP contribution in [-0.4, -0.2) is 0 Å². The van der Waals surface area contributed by atoms with Crippen molar-refractivity contribution in [1.29, 1.82) is 0 Å². The van der Waals surface area contributed by atoms with Crippen molar-refractivity contribution in [3.8, 4) is 44.5 Å². The smallest absolute Gasteiger partial charge is 0.0159 e. The summed E-state index contributed by atoms with van der Waals surface area (Å²) in [5.41, 5.74) is 17.6. The number of fused-ring (bicyclic) bond motifs is 10. The Hall–Kier alpha value is -5.46. The summed E-state index contributed by atoms with van der Waals surface area (Å²) in [4.78, 5) is 0. The van der Waals surface area contributed by atoms with Crippen LogP contribution >= 0.6 is 0 Å². The average Bonchev–Trinajstić information content (AvgIpc) is 3.48. The van der Waals surface area contributed by atoms with Crippen molar-refractivity contribution in [3.05, 3.63) is 167 Å². The van der Waals surface area contributed by atoms with E-state index in [4.69, 9.17) is 0 Å². The molecule has 234 valence electrons. The van der Waals surface area contributed by atoms with Gasteiger partial charge in [0.1, 0.15) is 0 Å². The fourth-order valence-corrected chi connectivity index (χ4v) is 9.51. The molecule has 0 bridgehead atoms. The summed E-state index contributed by atoms with van der Waals surface area (Å²) in [6, 6.07) is 52.7. The van der Waals surface area contributed by atoms with Crippen LogP contribution in [0.5, 0.6) is 0 Å². The number of hydrogen-bond donors (Lipinski definition) is 0. The Labute approximate surface area is 288 Å². The van der Waals surface area contributed by atoms with Gasteiger partial charge < -0.3 is 0 Å². The molecule has 10 rings (SSSR count). The Kier molecular flexibility index (Phi) is 5.71. The van der Waals surface area contributed by atoms with Crippen LogP contribution in [0.15, 0.2) is 140 Å². The topological polar surface area (TPSA) is 0 Å². The van der Waals surface area contributed by atoms with Crippen molar-refractivity contribution >= 4 is 32.3 Å². The lowest BCUT2D eigenvalue weighted by molar-refractivity contribution is 0.652. The van der Waals surface area contributed by atoms with E-state index in [2.05, 4.69) is 174 Å². The van der Waals surface area contributed by atoms with E-state index >= 15 is 0 Å². The summed E-state index contributed by atoms with van der Waals surface area (Å²) in [5, 5.41) is 7.96. The molecule has 0 aliphatic heterocycles. The van der Waals surface area contributed by atoms with Gasteiger partial charge in [-0.3, -0.25) is 0 Å². The number of rotatable bonds is 2. The summed E-state index contributed by atoms with van der Waals surface area (Å²) in [6.07, 6.45) is 0. The van der Waals surface area contributed by atoms with Gasteiger partial charge in [-0.1, -0.05) is 143 Å². The Morgan fingerprint density at radius 1 is 0.367 bits per heavy atom. The summed E-state index contributed by atoms with van der Waals surface area (Å²) < 4.78 is 0. The highest BCUT2D eigenvalue weighted by Crippen LogP contribution is 2.59. The highest BCUT2D eigenvalue weighted by molar-refractivity contribution is 6.22. The molecule has 0 fully saturated rings. The van der Waals surface area contributed by atoms with E-state index in [0.29, 0.717) is 0 Å². The molecular formula is C49H38. The quantitative estimate of drug-likeness (QED) is 0.168. The maximum Gasteiger partial charge on any atom is 0.0159 e. The van der Waals surface area contributed by atoms with Gasteiger partial charge in [0.2, 0.25) is 0 Å². The van der Waals surface area contributed by atoms with Crippen LogP contribution in [0.2, 0.25) is 0 Å². The maximum atomic E-state index is 2.57. The van der Waals surface area contributed by atoms with Crippen molar-refractivity contribution in [3.63, 3.8) is 0 Å². The van der Waals surface area contributed by atoms with Crippen LogP contribution < -0.4 is 0 Å². The predicted octanol–water partition coefficient (Wildman–Crippen LogP) is 13.4. The molecule has 0 spiro atoms. The first-order valence-corrected chi connectivity index (χ1v) is 17.6. The summed E-state index contributed by atoms with van der Waals surface area (Å²) >= 11 is 0. The first-order chi connectivity index (χ1) is 23.7. The molecule has 8 aromatic carbocycles. The Balaban J connectivity index is 1.33. The number of benzene rings is 8. The second-order valence-corrected chi connectivity index (χ2v) is 15.3. The van der Waals surface area contributed by atoms with Gasteiger partial charge in [0.25, 0.3) is 0 Å². The van der Waals surface area contributed by atoms with E-state index in [1.165, 1.54) is 105 Å². The monoisotopic (exact) mass is 626 g/mol. The molecule has 0 unspecified atom stereocenters. The van der Waals surface area contributed by atoms with Crippen molar-refractivity contribution < 1.29 is 0 Å². The minimum atomic E-state index is -0.160. The molecule has 8 aromatic rings. The van der Waals surface area contributed by atoms with Crippen molar-refractivity contribution in [2.24, 2.45) is 0 Å². The second-order valence-electron chi connectivity index (χ2n) is 15.3. The first-order valence-electron chi connectivity index (χ1n) is 17.6. The molecule has 0 heteroatoms. The van der Waals surface area contributed by atoms with Crippen LogP contribution in [0.25, 0.3) is 76.8 Å². The standard InChI is InChI=1S/C49H38/c1-29-15-14-20-32-23-24-40-47(44(29)32)39-28-42-36(26-43(39)48(40,2)3)35-25-37-38(27-41(35)49(42,4)5)46(31-18-10-7-11-19-31)34-22-13-12-21-33(34)45(37)30-16-8-6-9-17-30/h6-28H,1-5H3. The normalized spacial score (nSPS) is 15.0. The zero-order valence-electron chi connectivity index (χ0n) is 28.8. The van der Waals surface area contributed by atoms with Crippen LogP contribution in [-0.2, 0) is 10.8 Å². The zero-order valence-corrected chi connectivity index (χ0v) is 28.8. The van der Waals surface area contributed by atoms with E-state index in [1.54, 1.807) is 0 Å². The third-order valence-corrected chi connectivity index (χ3v) is 12.0. The van der Waals surface area contributed by atoms with Gasteiger partial charge in [0, 0.05) is 10.8 Å². The maximum absolute atomic E-state index is 2.57. The SMILES string of the molecule is Cc1cccc2ccc3c(c12)-c1cc2c(cc1C3(C)C)-c1cc3c(-c4ccccc4)c4ccccc4c(-c4ccccc4)c3cc1C2(C)C. The number of aryl methyl sites for hydroxylation is 1. The van der Waals surface area contributed by atoms with E-state index in [0.717, 1.165) is 0 Å². The molecule has 0 heterocycles. The van der Waals surface area contributed by atoms with E-state index < -0.39 is 0 Å². The van der Waals surface area contributed by atoms with Crippen molar-refractivity contribution in [2.45, 2.75) is 45.4 Å². The average molecular weight is 627 g/mol. The van der Waals surface area contributed by atoms with Gasteiger partial charge in [0.15, 0.2) is 0 Å². The highest BCUT2D eigenvalue weighted by Gasteiger charge is 2.42. The van der Waals surface area contributed by atoms with Gasteiger partial charge in [0.05, 0.1) is 0 Å². The molecule has 0 saturated heterocycles. The lowest BCUT2D eigenvalue weighted by Gasteiger charge is -2.25. The molecule has 2 aliphatic rings. The van der Waals surface area contributed by atoms with Gasteiger partial charge >= 0.3 is 0 Å². The zero-order chi connectivity index (χ0) is 33.2. The predicted molar refractivity (Wildman–Crippen MR) is 210 cm³/mol.